The van der Waals surface area contributed by atoms with Gasteiger partial charge >= 0.3 is 5.97 Å². The van der Waals surface area contributed by atoms with Gasteiger partial charge in [0.1, 0.15) is 11.3 Å². The lowest BCUT2D eigenvalue weighted by atomic mass is 10.2. The summed E-state index contributed by atoms with van der Waals surface area (Å²) in [6.45, 7) is 10.3. The first-order valence-electron chi connectivity index (χ1n) is 9.45. The average molecular weight is 386 g/mol. The van der Waals surface area contributed by atoms with E-state index in [1.807, 2.05) is 24.3 Å². The predicted octanol–water partition coefficient (Wildman–Crippen LogP) is 2.23. The quantitative estimate of drug-likeness (QED) is 0.762. The zero-order valence-corrected chi connectivity index (χ0v) is 16.5. The van der Waals surface area contributed by atoms with Crippen molar-refractivity contribution < 1.29 is 18.8 Å². The molecule has 1 fully saturated rings. The highest BCUT2D eigenvalue weighted by molar-refractivity contribution is 5.96. The summed E-state index contributed by atoms with van der Waals surface area (Å²) in [5.41, 5.74) is 2.51. The smallest absolute Gasteiger partial charge is 0.344 e. The highest BCUT2D eigenvalue weighted by Crippen LogP contribution is 2.19. The van der Waals surface area contributed by atoms with Crippen LogP contribution in [-0.2, 0) is 9.53 Å². The molecule has 2 aromatic rings. The summed E-state index contributed by atoms with van der Waals surface area (Å²) < 4.78 is 9.99. The lowest BCUT2D eigenvalue weighted by molar-refractivity contribution is -0.119. The third kappa shape index (κ3) is 4.69. The Bertz CT molecular complexity index is 804. The maximum absolute atomic E-state index is 12.1. The number of aryl methyl sites for hydroxylation is 2. The molecule has 1 aromatic carbocycles. The van der Waals surface area contributed by atoms with Gasteiger partial charge in [-0.2, -0.15) is 0 Å². The number of amides is 1. The number of benzene rings is 1. The van der Waals surface area contributed by atoms with Gasteiger partial charge in [0.2, 0.25) is 0 Å². The van der Waals surface area contributed by atoms with Crippen LogP contribution in [-0.4, -0.2) is 61.3 Å². The zero-order chi connectivity index (χ0) is 20.1. The van der Waals surface area contributed by atoms with E-state index in [1.54, 1.807) is 13.8 Å². The van der Waals surface area contributed by atoms with Gasteiger partial charge in [-0.25, -0.2) is 4.79 Å². The predicted molar refractivity (Wildman–Crippen MR) is 106 cm³/mol. The molecule has 0 unspecified atom stereocenters. The molecule has 0 saturated carbocycles. The Morgan fingerprint density at radius 2 is 1.82 bits per heavy atom. The van der Waals surface area contributed by atoms with Crippen molar-refractivity contribution >= 4 is 23.3 Å². The fraction of sp³-hybridized carbons (Fsp3) is 0.450. The molecule has 0 spiro atoms. The van der Waals surface area contributed by atoms with E-state index in [0.29, 0.717) is 17.1 Å². The number of hydrogen-bond acceptors (Lipinski definition) is 7. The van der Waals surface area contributed by atoms with Crippen LogP contribution in [0.2, 0.25) is 0 Å². The van der Waals surface area contributed by atoms with Crippen molar-refractivity contribution in [2.75, 3.05) is 49.5 Å². The Kier molecular flexibility index (Phi) is 6.30. The van der Waals surface area contributed by atoms with Crippen molar-refractivity contribution in [2.45, 2.75) is 20.8 Å². The van der Waals surface area contributed by atoms with Crippen molar-refractivity contribution in [1.29, 1.82) is 0 Å². The van der Waals surface area contributed by atoms with Gasteiger partial charge in [-0.1, -0.05) is 12.1 Å². The Balaban J connectivity index is 1.49. The van der Waals surface area contributed by atoms with Gasteiger partial charge in [0.15, 0.2) is 6.61 Å². The van der Waals surface area contributed by atoms with Gasteiger partial charge in [-0.05, 0) is 44.7 Å². The molecule has 1 aliphatic heterocycles. The number of likely N-dealkylation sites (N-methyl/N-ethyl adjacent to an activating group) is 1. The largest absolute Gasteiger partial charge is 0.452 e. The number of esters is 1. The molecule has 1 amide bonds. The van der Waals surface area contributed by atoms with Gasteiger partial charge in [-0.15, -0.1) is 0 Å². The summed E-state index contributed by atoms with van der Waals surface area (Å²) in [4.78, 5) is 28.9. The number of nitrogens with one attached hydrogen (secondary N) is 1. The van der Waals surface area contributed by atoms with E-state index in [2.05, 4.69) is 27.2 Å². The van der Waals surface area contributed by atoms with E-state index >= 15 is 0 Å². The molecule has 0 radical (unpaired) electrons. The molecular formula is C20H26N4O4. The Morgan fingerprint density at radius 3 is 2.39 bits per heavy atom. The molecule has 0 aliphatic carbocycles. The second-order valence-electron chi connectivity index (χ2n) is 6.79. The molecule has 8 heteroatoms. The second kappa shape index (κ2) is 8.88. The van der Waals surface area contributed by atoms with E-state index < -0.39 is 11.9 Å². The molecule has 3 rings (SSSR count). The molecule has 150 valence electrons. The topological polar surface area (TPSA) is 87.9 Å². The van der Waals surface area contributed by atoms with E-state index in [9.17, 15) is 9.59 Å². The second-order valence-corrected chi connectivity index (χ2v) is 6.79. The van der Waals surface area contributed by atoms with Crippen molar-refractivity contribution in [3.05, 3.63) is 41.3 Å². The Labute approximate surface area is 164 Å². The van der Waals surface area contributed by atoms with Crippen LogP contribution in [0.15, 0.2) is 28.8 Å². The van der Waals surface area contributed by atoms with E-state index in [0.717, 1.165) is 38.4 Å². The maximum Gasteiger partial charge on any atom is 0.344 e. The van der Waals surface area contributed by atoms with Crippen LogP contribution in [0.25, 0.3) is 0 Å². The molecule has 0 bridgehead atoms. The van der Waals surface area contributed by atoms with Gasteiger partial charge < -0.3 is 24.4 Å². The summed E-state index contributed by atoms with van der Waals surface area (Å²) in [6, 6.07) is 7.70. The number of piperazine rings is 1. The van der Waals surface area contributed by atoms with Gasteiger partial charge in [0.25, 0.3) is 5.91 Å². The van der Waals surface area contributed by atoms with Gasteiger partial charge in [-0.3, -0.25) is 4.79 Å². The first kappa shape index (κ1) is 19.9. The molecule has 1 aliphatic rings. The van der Waals surface area contributed by atoms with E-state index in [4.69, 9.17) is 9.26 Å². The van der Waals surface area contributed by atoms with Crippen LogP contribution in [0.3, 0.4) is 0 Å². The number of carbonyl (C=O) groups is 2. The third-order valence-corrected chi connectivity index (χ3v) is 4.91. The normalized spacial score (nSPS) is 14.8. The van der Waals surface area contributed by atoms with Crippen LogP contribution in [0.5, 0.6) is 0 Å². The minimum atomic E-state index is -0.618. The molecule has 1 saturated heterocycles. The van der Waals surface area contributed by atoms with E-state index in [-0.39, 0.29) is 12.2 Å². The number of rotatable bonds is 6. The first-order chi connectivity index (χ1) is 13.5. The van der Waals surface area contributed by atoms with Crippen molar-refractivity contribution in [2.24, 2.45) is 0 Å². The third-order valence-electron chi connectivity index (χ3n) is 4.91. The average Bonchev–Trinajstić information content (AvgIpc) is 3.05. The fourth-order valence-corrected chi connectivity index (χ4v) is 3.25. The Hall–Kier alpha value is -2.87. The summed E-state index contributed by atoms with van der Waals surface area (Å²) in [5.74, 6) is -0.643. The van der Waals surface area contributed by atoms with Gasteiger partial charge in [0, 0.05) is 37.6 Å². The van der Waals surface area contributed by atoms with Crippen LogP contribution >= 0.6 is 0 Å². The molecule has 28 heavy (non-hydrogen) atoms. The lowest BCUT2D eigenvalue weighted by Gasteiger charge is -2.35. The molecule has 8 nitrogen and oxygen atoms in total. The van der Waals surface area contributed by atoms with E-state index in [1.165, 1.54) is 0 Å². The molecule has 1 aromatic heterocycles. The van der Waals surface area contributed by atoms with Crippen LogP contribution in [0.4, 0.5) is 11.4 Å². The standard InChI is InChI=1S/C20H26N4O4/c1-4-23-9-11-24(12-10-23)17-7-5-16(6-8-17)21-18(25)13-27-20(26)19-14(2)22-28-15(19)3/h5-8H,4,9-13H2,1-3H3,(H,21,25). The minimum Gasteiger partial charge on any atom is -0.452 e. The van der Waals surface area contributed by atoms with Crippen LogP contribution < -0.4 is 10.2 Å². The van der Waals surface area contributed by atoms with Gasteiger partial charge in [0.05, 0.1) is 5.69 Å². The number of ether oxygens (including phenoxy) is 1. The highest BCUT2D eigenvalue weighted by atomic mass is 16.5. The number of nitrogens with zero attached hydrogens (tertiary/aromatic N) is 3. The monoisotopic (exact) mass is 386 g/mol. The summed E-state index contributed by atoms with van der Waals surface area (Å²) in [6.07, 6.45) is 0. The Morgan fingerprint density at radius 1 is 1.14 bits per heavy atom. The van der Waals surface area contributed by atoms with Crippen LogP contribution in [0, 0.1) is 13.8 Å². The zero-order valence-electron chi connectivity index (χ0n) is 16.5. The maximum atomic E-state index is 12.1. The first-order valence-corrected chi connectivity index (χ1v) is 9.45. The van der Waals surface area contributed by atoms with Crippen LogP contribution in [0.1, 0.15) is 28.7 Å². The summed E-state index contributed by atoms with van der Waals surface area (Å²) in [7, 11) is 0. The summed E-state index contributed by atoms with van der Waals surface area (Å²) >= 11 is 0. The van der Waals surface area contributed by atoms with Crippen molar-refractivity contribution in [3.8, 4) is 0 Å². The fourth-order valence-electron chi connectivity index (χ4n) is 3.25. The van der Waals surface area contributed by atoms with Crippen molar-refractivity contribution in [1.82, 2.24) is 10.1 Å². The number of anilines is 2. The van der Waals surface area contributed by atoms with Crippen molar-refractivity contribution in [3.63, 3.8) is 0 Å². The SMILES string of the molecule is CCN1CCN(c2ccc(NC(=O)COC(=O)c3c(C)noc3C)cc2)CC1. The number of carbonyl (C=O) groups excluding carboxylic acids is 2. The number of hydrogen-bond donors (Lipinski definition) is 1. The molecule has 0 atom stereocenters. The molecular weight excluding hydrogens is 360 g/mol. The summed E-state index contributed by atoms with van der Waals surface area (Å²) in [5, 5.41) is 6.44. The molecule has 1 N–H and O–H groups in total. The lowest BCUT2D eigenvalue weighted by Crippen LogP contribution is -2.46. The minimum absolute atomic E-state index is 0.264. The number of aromatic nitrogens is 1. The highest BCUT2D eigenvalue weighted by Gasteiger charge is 2.20. The molecule has 2 heterocycles.